The molecule has 0 fully saturated rings. The number of hydrogen-bond acceptors (Lipinski definition) is 4. The third kappa shape index (κ3) is 2.94. The first kappa shape index (κ1) is 11.9. The van der Waals surface area contributed by atoms with E-state index in [1.54, 1.807) is 31.4 Å². The summed E-state index contributed by atoms with van der Waals surface area (Å²) in [4.78, 5) is 8.06. The molecule has 1 aromatic carbocycles. The Hall–Kier alpha value is -1.61. The Kier molecular flexibility index (Phi) is 3.59. The summed E-state index contributed by atoms with van der Waals surface area (Å²) in [6.45, 7) is 0. The van der Waals surface area contributed by atoms with Gasteiger partial charge in [0, 0.05) is 0 Å². The molecule has 1 aromatic heterocycles. The maximum absolute atomic E-state index is 13.0. The van der Waals surface area contributed by atoms with Gasteiger partial charge >= 0.3 is 107 Å². The number of nitrogens with zero attached hydrogens (tertiary/aromatic N) is 2. The van der Waals surface area contributed by atoms with Crippen LogP contribution < -0.4 is 14.4 Å². The van der Waals surface area contributed by atoms with Gasteiger partial charge in [0.2, 0.25) is 0 Å². The zero-order valence-electron chi connectivity index (χ0n) is 9.01. The van der Waals surface area contributed by atoms with Gasteiger partial charge in [0.15, 0.2) is 0 Å². The van der Waals surface area contributed by atoms with Crippen molar-refractivity contribution < 1.29 is 9.13 Å². The summed E-state index contributed by atoms with van der Waals surface area (Å²) in [5.74, 6) is 1.12. The first-order valence-electron chi connectivity index (χ1n) is 4.86. The van der Waals surface area contributed by atoms with Gasteiger partial charge in [-0.25, -0.2) is 0 Å². The van der Waals surface area contributed by atoms with Crippen LogP contribution >= 0.6 is 0 Å². The second-order valence-corrected chi connectivity index (χ2v) is 4.19. The monoisotopic (exact) mass is 293 g/mol. The van der Waals surface area contributed by atoms with E-state index in [1.807, 2.05) is 0 Å². The van der Waals surface area contributed by atoms with E-state index in [0.717, 1.165) is 0 Å². The van der Waals surface area contributed by atoms with Gasteiger partial charge in [-0.1, -0.05) is 0 Å². The molecule has 0 unspecified atom stereocenters. The molecule has 2 aromatic rings. The van der Waals surface area contributed by atoms with Crippen LogP contribution in [0.25, 0.3) is 0 Å². The van der Waals surface area contributed by atoms with Crippen molar-refractivity contribution in [1.29, 1.82) is 0 Å². The summed E-state index contributed by atoms with van der Waals surface area (Å²) >= 11 is 2.15. The number of benzene rings is 1. The quantitative estimate of drug-likeness (QED) is 0.865. The van der Waals surface area contributed by atoms with E-state index in [0.29, 0.717) is 21.9 Å². The molecule has 2 radical (unpaired) electrons. The molecule has 0 aliphatic rings. The van der Waals surface area contributed by atoms with Gasteiger partial charge in [-0.05, 0) is 0 Å². The average molecular weight is 293 g/mol. The molecule has 0 amide bonds. The Bertz CT molecular complexity index is 536. The molecule has 6 heteroatoms. The number of rotatable bonds is 3. The zero-order chi connectivity index (χ0) is 12.3. The van der Waals surface area contributed by atoms with Crippen LogP contribution in [0, 0.1) is 5.82 Å². The molecule has 0 saturated carbocycles. The van der Waals surface area contributed by atoms with E-state index >= 15 is 0 Å². The van der Waals surface area contributed by atoms with E-state index in [1.165, 1.54) is 6.07 Å². The summed E-state index contributed by atoms with van der Waals surface area (Å²) in [5.41, 5.74) is 0. The van der Waals surface area contributed by atoms with Gasteiger partial charge in [0.05, 0.1) is 0 Å². The number of aromatic nitrogens is 2. The molecule has 0 aliphatic heterocycles. The predicted molar refractivity (Wildman–Crippen MR) is 63.4 cm³/mol. The van der Waals surface area contributed by atoms with Crippen LogP contribution in [0.4, 0.5) is 10.3 Å². The summed E-state index contributed by atoms with van der Waals surface area (Å²) in [6, 6.07) is 6.13. The number of nitrogens with one attached hydrogen (secondary N) is 1. The first-order valence-corrected chi connectivity index (χ1v) is 5.80. The van der Waals surface area contributed by atoms with E-state index in [9.17, 15) is 4.39 Å². The predicted octanol–water partition coefficient (Wildman–Crippen LogP) is 1.24. The van der Waals surface area contributed by atoms with Gasteiger partial charge in [0.1, 0.15) is 0 Å². The van der Waals surface area contributed by atoms with Crippen LogP contribution in [0.3, 0.4) is 0 Å². The van der Waals surface area contributed by atoms with Crippen LogP contribution in [-0.4, -0.2) is 33.9 Å². The fourth-order valence-corrected chi connectivity index (χ4v) is 1.62. The summed E-state index contributed by atoms with van der Waals surface area (Å²) in [6.07, 6.45) is 1.58. The van der Waals surface area contributed by atoms with Crippen molar-refractivity contribution in [2.24, 2.45) is 0 Å². The number of ether oxygens (including phenoxy) is 1. The second kappa shape index (κ2) is 5.15. The average Bonchev–Trinajstić information content (AvgIpc) is 2.34. The maximum atomic E-state index is 13.0. The van der Waals surface area contributed by atoms with Crippen molar-refractivity contribution in [3.63, 3.8) is 0 Å². The van der Waals surface area contributed by atoms with Crippen LogP contribution in [0.5, 0.6) is 11.6 Å². The Morgan fingerprint density at radius 3 is 2.88 bits per heavy atom. The topological polar surface area (TPSA) is 47.0 Å². The molecule has 0 atom stereocenters. The summed E-state index contributed by atoms with van der Waals surface area (Å²) < 4.78 is 19.0. The fourth-order valence-electron chi connectivity index (χ4n) is 1.20. The minimum absolute atomic E-state index is 0.282. The van der Waals surface area contributed by atoms with Crippen LogP contribution in [0.1, 0.15) is 0 Å². The third-order valence-corrected chi connectivity index (χ3v) is 2.71. The van der Waals surface area contributed by atoms with Gasteiger partial charge in [-0.2, -0.15) is 0 Å². The van der Waals surface area contributed by atoms with Crippen molar-refractivity contribution in [1.82, 2.24) is 9.97 Å². The Balaban J connectivity index is 2.22. The molecule has 0 spiro atoms. The van der Waals surface area contributed by atoms with Gasteiger partial charge in [-0.15, -0.1) is 0 Å². The second-order valence-electron chi connectivity index (χ2n) is 3.18. The molecule has 86 valence electrons. The molecule has 4 nitrogen and oxygen atoms in total. The summed E-state index contributed by atoms with van der Waals surface area (Å²) in [7, 11) is 1.72. The van der Waals surface area contributed by atoms with Gasteiger partial charge in [-0.3, -0.25) is 0 Å². The Morgan fingerprint density at radius 2 is 2.18 bits per heavy atom. The molecule has 0 saturated heterocycles. The van der Waals surface area contributed by atoms with Crippen molar-refractivity contribution >= 4 is 27.2 Å². The van der Waals surface area contributed by atoms with Crippen LogP contribution in [-0.2, 0) is 0 Å². The zero-order valence-corrected chi connectivity index (χ0v) is 10.9. The molecule has 2 rings (SSSR count). The van der Waals surface area contributed by atoms with Crippen molar-refractivity contribution in [2.75, 3.05) is 12.4 Å². The third-order valence-electron chi connectivity index (χ3n) is 1.99. The molecule has 0 bridgehead atoms. The van der Waals surface area contributed by atoms with Crippen LogP contribution in [0.15, 0.2) is 30.5 Å². The Labute approximate surface area is 107 Å². The number of hydrogen-bond donors (Lipinski definition) is 1. The molecule has 1 heterocycles. The van der Waals surface area contributed by atoms with Gasteiger partial charge in [0.25, 0.3) is 0 Å². The van der Waals surface area contributed by atoms with E-state index < -0.39 is 0 Å². The minimum atomic E-state index is -0.282. The normalized spacial score (nSPS) is 10.1. The van der Waals surface area contributed by atoms with Crippen molar-refractivity contribution in [3.05, 3.63) is 36.3 Å². The molecule has 0 aliphatic carbocycles. The molecule has 1 N–H and O–H groups in total. The molecule has 17 heavy (non-hydrogen) atoms. The van der Waals surface area contributed by atoms with E-state index in [-0.39, 0.29) is 5.82 Å². The van der Waals surface area contributed by atoms with E-state index in [2.05, 4.69) is 32.1 Å². The Morgan fingerprint density at radius 1 is 1.35 bits per heavy atom. The number of halogens is 1. The number of anilines is 1. The van der Waals surface area contributed by atoms with Crippen molar-refractivity contribution in [2.45, 2.75) is 0 Å². The van der Waals surface area contributed by atoms with Crippen molar-refractivity contribution in [3.8, 4) is 11.6 Å². The first-order chi connectivity index (χ1) is 8.19. The standard InChI is InChI=1S/C11H9AsFN3O/c1-14-11-15-5-4-10(16-11)17-7-2-3-9(13)8(12)6-7/h2-6H,1H3,(H,14,15,16). The van der Waals surface area contributed by atoms with Crippen LogP contribution in [0.2, 0.25) is 0 Å². The van der Waals surface area contributed by atoms with Gasteiger partial charge < -0.3 is 0 Å². The molecular weight excluding hydrogens is 284 g/mol. The van der Waals surface area contributed by atoms with E-state index in [4.69, 9.17) is 4.74 Å². The molecular formula is C11H9AsFN3O. The fraction of sp³-hybridized carbons (Fsp3) is 0.0909. The SMILES string of the molecule is CNc1nccc(Oc2ccc(F)c([As])c2)n1. The summed E-state index contributed by atoms with van der Waals surface area (Å²) in [5, 5.41) is 2.81.